The van der Waals surface area contributed by atoms with Crippen LogP contribution in [-0.4, -0.2) is 21.3 Å². The number of aromatic nitrogens is 2. The number of carboxylic acid groups (broad SMARTS) is 1. The predicted molar refractivity (Wildman–Crippen MR) is 53.4 cm³/mol. The van der Waals surface area contributed by atoms with Gasteiger partial charge < -0.3 is 13.9 Å². The van der Waals surface area contributed by atoms with Crippen LogP contribution in [0.2, 0.25) is 0 Å². The Morgan fingerprint density at radius 1 is 1.50 bits per heavy atom. The standard InChI is InChI=1S/C10H8N2O4/c1-6-4-5-15-9(6)10-12-11-7(16-10)2-3-8(13)14/h2-5H,1H3,(H,13,14)/b3-2+. The van der Waals surface area contributed by atoms with Gasteiger partial charge in [0, 0.05) is 17.7 Å². The third kappa shape index (κ3) is 2.00. The summed E-state index contributed by atoms with van der Waals surface area (Å²) in [6.45, 7) is 1.84. The molecule has 0 saturated heterocycles. The van der Waals surface area contributed by atoms with E-state index >= 15 is 0 Å². The largest absolute Gasteiger partial charge is 0.478 e. The number of nitrogens with zero attached hydrogens (tertiary/aromatic N) is 2. The molecule has 6 heteroatoms. The summed E-state index contributed by atoms with van der Waals surface area (Å²) in [4.78, 5) is 10.3. The van der Waals surface area contributed by atoms with Crippen molar-refractivity contribution in [1.82, 2.24) is 10.2 Å². The fourth-order valence-corrected chi connectivity index (χ4v) is 1.13. The van der Waals surface area contributed by atoms with Crippen LogP contribution in [0.15, 0.2) is 27.2 Å². The molecule has 0 fully saturated rings. The predicted octanol–water partition coefficient (Wildman–Crippen LogP) is 1.74. The Hall–Kier alpha value is -2.37. The second-order valence-corrected chi connectivity index (χ2v) is 3.05. The van der Waals surface area contributed by atoms with Gasteiger partial charge in [0.25, 0.3) is 5.89 Å². The molecule has 1 N–H and O–H groups in total. The normalized spacial score (nSPS) is 11.1. The zero-order valence-electron chi connectivity index (χ0n) is 8.38. The first-order valence-electron chi connectivity index (χ1n) is 4.46. The molecule has 2 aromatic heterocycles. The molecule has 2 rings (SSSR count). The Morgan fingerprint density at radius 2 is 2.31 bits per heavy atom. The number of aryl methyl sites for hydroxylation is 1. The monoisotopic (exact) mass is 220 g/mol. The smallest absolute Gasteiger partial charge is 0.328 e. The molecule has 0 atom stereocenters. The summed E-state index contributed by atoms with van der Waals surface area (Å²) in [6.07, 6.45) is 3.66. The third-order valence-electron chi connectivity index (χ3n) is 1.87. The maximum atomic E-state index is 10.3. The van der Waals surface area contributed by atoms with E-state index in [0.717, 1.165) is 11.6 Å². The topological polar surface area (TPSA) is 89.4 Å². The Kier molecular flexibility index (Phi) is 2.55. The fourth-order valence-electron chi connectivity index (χ4n) is 1.13. The lowest BCUT2D eigenvalue weighted by Gasteiger charge is -1.88. The summed E-state index contributed by atoms with van der Waals surface area (Å²) in [6, 6.07) is 1.77. The van der Waals surface area contributed by atoms with Crippen molar-refractivity contribution >= 4 is 12.0 Å². The van der Waals surface area contributed by atoms with E-state index in [1.165, 1.54) is 12.3 Å². The van der Waals surface area contributed by atoms with Crippen molar-refractivity contribution in [3.05, 3.63) is 29.9 Å². The van der Waals surface area contributed by atoms with Crippen LogP contribution in [0.1, 0.15) is 11.5 Å². The summed E-state index contributed by atoms with van der Waals surface area (Å²) >= 11 is 0. The van der Waals surface area contributed by atoms with Crippen LogP contribution in [-0.2, 0) is 4.79 Å². The van der Waals surface area contributed by atoms with E-state index in [1.807, 2.05) is 6.92 Å². The fraction of sp³-hybridized carbons (Fsp3) is 0.100. The molecule has 0 aliphatic carbocycles. The number of rotatable bonds is 3. The van der Waals surface area contributed by atoms with E-state index in [-0.39, 0.29) is 11.8 Å². The van der Waals surface area contributed by atoms with Crippen LogP contribution < -0.4 is 0 Å². The minimum absolute atomic E-state index is 0.119. The van der Waals surface area contributed by atoms with Crippen LogP contribution in [0.3, 0.4) is 0 Å². The van der Waals surface area contributed by atoms with Gasteiger partial charge in [-0.3, -0.25) is 0 Å². The van der Waals surface area contributed by atoms with Gasteiger partial charge in [0.2, 0.25) is 5.89 Å². The number of hydrogen-bond donors (Lipinski definition) is 1. The van der Waals surface area contributed by atoms with E-state index in [2.05, 4.69) is 10.2 Å². The van der Waals surface area contributed by atoms with Crippen LogP contribution in [0.25, 0.3) is 17.7 Å². The van der Waals surface area contributed by atoms with Crippen molar-refractivity contribution in [2.45, 2.75) is 6.92 Å². The molecule has 0 unspecified atom stereocenters. The maximum absolute atomic E-state index is 10.3. The molecule has 82 valence electrons. The summed E-state index contributed by atoms with van der Waals surface area (Å²) in [7, 11) is 0. The van der Waals surface area contributed by atoms with Gasteiger partial charge >= 0.3 is 5.97 Å². The molecule has 0 radical (unpaired) electrons. The Labute approximate surface area is 90.2 Å². The molecular formula is C10H8N2O4. The highest BCUT2D eigenvalue weighted by atomic mass is 16.4. The summed E-state index contributed by atoms with van der Waals surface area (Å²) < 4.78 is 10.3. The first kappa shape index (κ1) is 10.2. The summed E-state index contributed by atoms with van der Waals surface area (Å²) in [5.74, 6) is -0.239. The minimum Gasteiger partial charge on any atom is -0.478 e. The lowest BCUT2D eigenvalue weighted by Crippen LogP contribution is -1.85. The molecule has 2 heterocycles. The molecule has 0 aromatic carbocycles. The van der Waals surface area contributed by atoms with Gasteiger partial charge in [-0.05, 0) is 13.0 Å². The Balaban J connectivity index is 2.27. The molecule has 0 saturated carbocycles. The molecule has 0 spiro atoms. The number of carboxylic acids is 1. The molecule has 0 aliphatic heterocycles. The van der Waals surface area contributed by atoms with E-state index in [4.69, 9.17) is 13.9 Å². The Bertz CT molecular complexity index is 539. The second kappa shape index (κ2) is 4.01. The quantitative estimate of drug-likeness (QED) is 0.792. The van der Waals surface area contributed by atoms with Crippen molar-refractivity contribution < 1.29 is 18.7 Å². The van der Waals surface area contributed by atoms with Crippen LogP contribution in [0, 0.1) is 6.92 Å². The lowest BCUT2D eigenvalue weighted by atomic mass is 10.3. The molecule has 0 aliphatic rings. The van der Waals surface area contributed by atoms with Gasteiger partial charge in [-0.1, -0.05) is 0 Å². The van der Waals surface area contributed by atoms with E-state index < -0.39 is 5.97 Å². The van der Waals surface area contributed by atoms with Crippen molar-refractivity contribution in [1.29, 1.82) is 0 Å². The van der Waals surface area contributed by atoms with E-state index in [0.29, 0.717) is 5.76 Å². The second-order valence-electron chi connectivity index (χ2n) is 3.05. The lowest BCUT2D eigenvalue weighted by molar-refractivity contribution is -0.131. The average molecular weight is 220 g/mol. The van der Waals surface area contributed by atoms with Crippen molar-refractivity contribution in [3.63, 3.8) is 0 Å². The maximum Gasteiger partial charge on any atom is 0.328 e. The number of furan rings is 1. The van der Waals surface area contributed by atoms with Gasteiger partial charge in [-0.25, -0.2) is 4.79 Å². The van der Waals surface area contributed by atoms with Crippen molar-refractivity contribution in [2.24, 2.45) is 0 Å². The van der Waals surface area contributed by atoms with Gasteiger partial charge in [0.05, 0.1) is 6.26 Å². The van der Waals surface area contributed by atoms with E-state index in [1.54, 1.807) is 6.07 Å². The minimum atomic E-state index is -1.08. The zero-order valence-corrected chi connectivity index (χ0v) is 8.38. The molecular weight excluding hydrogens is 212 g/mol. The van der Waals surface area contributed by atoms with Gasteiger partial charge in [-0.2, -0.15) is 0 Å². The summed E-state index contributed by atoms with van der Waals surface area (Å²) in [5.41, 5.74) is 0.873. The number of carbonyl (C=O) groups is 1. The number of aliphatic carboxylic acids is 1. The summed E-state index contributed by atoms with van der Waals surface area (Å²) in [5, 5.41) is 15.8. The van der Waals surface area contributed by atoms with E-state index in [9.17, 15) is 4.79 Å². The zero-order chi connectivity index (χ0) is 11.5. The molecule has 16 heavy (non-hydrogen) atoms. The Morgan fingerprint density at radius 3 is 2.94 bits per heavy atom. The third-order valence-corrected chi connectivity index (χ3v) is 1.87. The van der Waals surface area contributed by atoms with Crippen LogP contribution in [0.5, 0.6) is 0 Å². The van der Waals surface area contributed by atoms with Crippen molar-refractivity contribution in [3.8, 4) is 11.7 Å². The SMILES string of the molecule is Cc1ccoc1-c1nnc(/C=C/C(=O)O)o1. The number of hydrogen-bond acceptors (Lipinski definition) is 5. The van der Waals surface area contributed by atoms with Crippen LogP contribution >= 0.6 is 0 Å². The first-order chi connectivity index (χ1) is 7.66. The highest BCUT2D eigenvalue weighted by Crippen LogP contribution is 2.22. The van der Waals surface area contributed by atoms with Crippen molar-refractivity contribution in [2.75, 3.05) is 0 Å². The molecule has 0 amide bonds. The molecule has 0 bridgehead atoms. The van der Waals surface area contributed by atoms with Gasteiger partial charge in [-0.15, -0.1) is 10.2 Å². The van der Waals surface area contributed by atoms with Crippen LogP contribution in [0.4, 0.5) is 0 Å². The highest BCUT2D eigenvalue weighted by Gasteiger charge is 2.12. The van der Waals surface area contributed by atoms with Gasteiger partial charge in [0.1, 0.15) is 0 Å². The highest BCUT2D eigenvalue weighted by molar-refractivity contribution is 5.84. The molecule has 6 nitrogen and oxygen atoms in total. The first-order valence-corrected chi connectivity index (χ1v) is 4.46. The average Bonchev–Trinajstić information content (AvgIpc) is 2.83. The molecule has 2 aromatic rings. The van der Waals surface area contributed by atoms with Gasteiger partial charge in [0.15, 0.2) is 5.76 Å².